The maximum absolute atomic E-state index is 13.3. The van der Waals surface area contributed by atoms with Gasteiger partial charge < -0.3 is 0 Å². The van der Waals surface area contributed by atoms with Gasteiger partial charge in [-0.15, -0.1) is 0 Å². The molecule has 0 heterocycles. The Bertz CT molecular complexity index is 498. The molecule has 0 radical (unpaired) electrons. The fourth-order valence-electron chi connectivity index (χ4n) is 1.25. The Balaban J connectivity index is 3.48. The Labute approximate surface area is 100 Å². The summed E-state index contributed by atoms with van der Waals surface area (Å²) in [5, 5.41) is 10.4. The Hall–Kier alpha value is -1.87. The number of nitro groups is 1. The lowest BCUT2D eigenvalue weighted by Gasteiger charge is -2.28. The summed E-state index contributed by atoms with van der Waals surface area (Å²) >= 11 is 0. The Kier molecular flexibility index (Phi) is 3.48. The van der Waals surface area contributed by atoms with E-state index in [9.17, 15) is 40.8 Å². The van der Waals surface area contributed by atoms with E-state index in [1.165, 1.54) is 0 Å². The SMILES string of the molecule is O=[N+]([O-])c1ccccc1C(F)(F)C(F)(F)C(F)(F)F. The third-order valence-corrected chi connectivity index (χ3v) is 2.19. The molecule has 0 N–H and O–H groups in total. The van der Waals surface area contributed by atoms with Crippen molar-refractivity contribution < 1.29 is 35.7 Å². The molecule has 0 spiro atoms. The minimum atomic E-state index is -6.54. The molecule has 0 unspecified atom stereocenters. The van der Waals surface area contributed by atoms with Crippen LogP contribution in [0.4, 0.5) is 36.4 Å². The van der Waals surface area contributed by atoms with Crippen LogP contribution >= 0.6 is 0 Å². The van der Waals surface area contributed by atoms with Crippen LogP contribution in [0.15, 0.2) is 24.3 Å². The zero-order chi connectivity index (χ0) is 15.1. The van der Waals surface area contributed by atoms with E-state index in [1.807, 2.05) is 0 Å². The molecule has 0 saturated carbocycles. The molecule has 0 amide bonds. The molecular formula is C9H4F7NO2. The fourth-order valence-corrected chi connectivity index (χ4v) is 1.25. The fraction of sp³-hybridized carbons (Fsp3) is 0.333. The van der Waals surface area contributed by atoms with Crippen LogP contribution in [0.1, 0.15) is 5.56 Å². The van der Waals surface area contributed by atoms with Gasteiger partial charge in [0.2, 0.25) is 0 Å². The lowest BCUT2D eigenvalue weighted by molar-refractivity contribution is -0.393. The highest BCUT2D eigenvalue weighted by Gasteiger charge is 2.74. The van der Waals surface area contributed by atoms with Crippen molar-refractivity contribution in [1.82, 2.24) is 0 Å². The van der Waals surface area contributed by atoms with E-state index in [2.05, 4.69) is 0 Å². The summed E-state index contributed by atoms with van der Waals surface area (Å²) < 4.78 is 87.9. The predicted octanol–water partition coefficient (Wildman–Crippen LogP) is 3.88. The summed E-state index contributed by atoms with van der Waals surface area (Å²) in [4.78, 5) is 8.93. The summed E-state index contributed by atoms with van der Waals surface area (Å²) in [6.45, 7) is 0. The molecule has 10 heteroatoms. The molecule has 0 aliphatic heterocycles. The van der Waals surface area contributed by atoms with Crippen molar-refractivity contribution in [1.29, 1.82) is 0 Å². The van der Waals surface area contributed by atoms with Crippen molar-refractivity contribution in [3.05, 3.63) is 39.9 Å². The van der Waals surface area contributed by atoms with E-state index >= 15 is 0 Å². The first-order valence-electron chi connectivity index (χ1n) is 4.49. The molecule has 0 bridgehead atoms. The second kappa shape index (κ2) is 4.35. The van der Waals surface area contributed by atoms with Crippen LogP contribution in [-0.2, 0) is 5.92 Å². The zero-order valence-electron chi connectivity index (χ0n) is 8.72. The van der Waals surface area contributed by atoms with Gasteiger partial charge in [-0.3, -0.25) is 10.1 Å². The van der Waals surface area contributed by atoms with Crippen molar-refractivity contribution in [3.8, 4) is 0 Å². The van der Waals surface area contributed by atoms with Gasteiger partial charge in [-0.05, 0) is 6.07 Å². The van der Waals surface area contributed by atoms with E-state index in [0.29, 0.717) is 12.1 Å². The monoisotopic (exact) mass is 291 g/mol. The topological polar surface area (TPSA) is 43.1 Å². The van der Waals surface area contributed by atoms with Gasteiger partial charge in [0.25, 0.3) is 5.69 Å². The van der Waals surface area contributed by atoms with Gasteiger partial charge >= 0.3 is 18.0 Å². The zero-order valence-corrected chi connectivity index (χ0v) is 8.72. The van der Waals surface area contributed by atoms with Crippen LogP contribution in [0.5, 0.6) is 0 Å². The molecule has 0 aliphatic carbocycles. The van der Waals surface area contributed by atoms with Crippen LogP contribution < -0.4 is 0 Å². The molecule has 0 aromatic heterocycles. The number of nitro benzene ring substituents is 1. The van der Waals surface area contributed by atoms with Gasteiger partial charge in [-0.1, -0.05) is 12.1 Å². The molecule has 1 rings (SSSR count). The molecule has 0 atom stereocenters. The van der Waals surface area contributed by atoms with E-state index in [1.54, 1.807) is 0 Å². The average Bonchev–Trinajstić information content (AvgIpc) is 2.27. The Morgan fingerprint density at radius 2 is 1.42 bits per heavy atom. The van der Waals surface area contributed by atoms with E-state index in [4.69, 9.17) is 0 Å². The Morgan fingerprint density at radius 3 is 1.84 bits per heavy atom. The van der Waals surface area contributed by atoms with Crippen LogP contribution in [0.2, 0.25) is 0 Å². The third-order valence-electron chi connectivity index (χ3n) is 2.19. The minimum absolute atomic E-state index is 0.151. The van der Waals surface area contributed by atoms with Crippen molar-refractivity contribution in [3.63, 3.8) is 0 Å². The van der Waals surface area contributed by atoms with Crippen LogP contribution in [0.25, 0.3) is 0 Å². The largest absolute Gasteiger partial charge is 0.460 e. The van der Waals surface area contributed by atoms with E-state index in [-0.39, 0.29) is 6.07 Å². The standard InChI is InChI=1S/C9H4F7NO2/c10-7(11,8(12,13)9(14,15)16)5-3-1-2-4-6(5)17(18)19/h1-4H. The number of halogens is 7. The third kappa shape index (κ3) is 2.34. The molecule has 106 valence electrons. The minimum Gasteiger partial charge on any atom is -0.258 e. The number of rotatable bonds is 3. The highest BCUT2D eigenvalue weighted by Crippen LogP contribution is 2.53. The number of hydrogen-bond acceptors (Lipinski definition) is 2. The maximum atomic E-state index is 13.3. The Morgan fingerprint density at radius 1 is 0.947 bits per heavy atom. The average molecular weight is 291 g/mol. The lowest BCUT2D eigenvalue weighted by atomic mass is 10.00. The lowest BCUT2D eigenvalue weighted by Crippen LogP contribution is -2.50. The van der Waals surface area contributed by atoms with E-state index < -0.39 is 34.2 Å². The molecule has 1 aromatic rings. The molecule has 0 saturated heterocycles. The van der Waals surface area contributed by atoms with Crippen LogP contribution in [-0.4, -0.2) is 17.0 Å². The summed E-state index contributed by atoms with van der Waals surface area (Å²) in [5.41, 5.74) is -3.52. The number of nitrogens with zero attached hydrogens (tertiary/aromatic N) is 1. The summed E-state index contributed by atoms with van der Waals surface area (Å²) in [7, 11) is 0. The van der Waals surface area contributed by atoms with E-state index in [0.717, 1.165) is 6.07 Å². The highest BCUT2D eigenvalue weighted by atomic mass is 19.4. The van der Waals surface area contributed by atoms with Crippen LogP contribution in [0, 0.1) is 10.1 Å². The number of alkyl halides is 7. The van der Waals surface area contributed by atoms with Crippen molar-refractivity contribution in [2.75, 3.05) is 0 Å². The van der Waals surface area contributed by atoms with Gasteiger partial charge in [0.05, 0.1) is 4.92 Å². The van der Waals surface area contributed by atoms with Gasteiger partial charge in [0.15, 0.2) is 0 Å². The molecule has 19 heavy (non-hydrogen) atoms. The normalized spacial score (nSPS) is 13.4. The summed E-state index contributed by atoms with van der Waals surface area (Å²) in [6, 6.07) is 2.12. The van der Waals surface area contributed by atoms with Crippen molar-refractivity contribution in [2.24, 2.45) is 0 Å². The number of para-hydroxylation sites is 1. The van der Waals surface area contributed by atoms with Crippen molar-refractivity contribution >= 4 is 5.69 Å². The van der Waals surface area contributed by atoms with Crippen molar-refractivity contribution in [2.45, 2.75) is 18.0 Å². The summed E-state index contributed by atoms with van der Waals surface area (Å²) in [5.74, 6) is -12.2. The first-order valence-corrected chi connectivity index (χ1v) is 4.49. The van der Waals surface area contributed by atoms with Crippen LogP contribution in [0.3, 0.4) is 0 Å². The predicted molar refractivity (Wildman–Crippen MR) is 48.0 cm³/mol. The first-order chi connectivity index (χ1) is 8.43. The smallest absolute Gasteiger partial charge is 0.258 e. The number of hydrogen-bond donors (Lipinski definition) is 0. The van der Waals surface area contributed by atoms with Gasteiger partial charge in [0.1, 0.15) is 5.56 Å². The maximum Gasteiger partial charge on any atom is 0.460 e. The second-order valence-corrected chi connectivity index (χ2v) is 3.42. The molecule has 0 aliphatic rings. The summed E-state index contributed by atoms with van der Waals surface area (Å²) in [6.07, 6.45) is -6.54. The highest BCUT2D eigenvalue weighted by molar-refractivity contribution is 5.44. The van der Waals surface area contributed by atoms with Gasteiger partial charge in [-0.25, -0.2) is 0 Å². The molecule has 3 nitrogen and oxygen atoms in total. The molecule has 1 aromatic carbocycles. The molecule has 0 fully saturated rings. The number of benzene rings is 1. The van der Waals surface area contributed by atoms with Gasteiger partial charge in [0, 0.05) is 6.07 Å². The second-order valence-electron chi connectivity index (χ2n) is 3.42. The van der Waals surface area contributed by atoms with Gasteiger partial charge in [-0.2, -0.15) is 30.7 Å². The quantitative estimate of drug-likeness (QED) is 0.482. The molecular weight excluding hydrogens is 287 g/mol. The first kappa shape index (κ1) is 15.2.